The number of anilines is 2. The van der Waals surface area contributed by atoms with Gasteiger partial charge in [0, 0.05) is 18.0 Å². The molecule has 0 aliphatic carbocycles. The van der Waals surface area contributed by atoms with Gasteiger partial charge >= 0.3 is 0 Å². The predicted octanol–water partition coefficient (Wildman–Crippen LogP) is 1.96. The Kier molecular flexibility index (Phi) is 2.43. The Morgan fingerprint density at radius 2 is 1.87 bits per heavy atom. The predicted molar refractivity (Wildman–Crippen MR) is 61.3 cm³/mol. The van der Waals surface area contributed by atoms with Gasteiger partial charge in [0.05, 0.1) is 17.1 Å². The largest absolute Gasteiger partial charge is 0.397 e. The molecular weight excluding hydrogens is 212 g/mol. The van der Waals surface area contributed by atoms with Crippen molar-refractivity contribution in [3.05, 3.63) is 35.7 Å². The van der Waals surface area contributed by atoms with Crippen molar-refractivity contribution in [2.75, 3.05) is 11.5 Å². The van der Waals surface area contributed by atoms with Gasteiger partial charge in [0.15, 0.2) is 0 Å². The van der Waals surface area contributed by atoms with E-state index in [0.717, 1.165) is 5.56 Å². The van der Waals surface area contributed by atoms with E-state index in [1.165, 1.54) is 0 Å². The minimum absolute atomic E-state index is 0.432. The van der Waals surface area contributed by atoms with Gasteiger partial charge in [-0.2, -0.15) is 0 Å². The van der Waals surface area contributed by atoms with Crippen LogP contribution in [0.1, 0.15) is 0 Å². The summed E-state index contributed by atoms with van der Waals surface area (Å²) in [6.07, 6.45) is 3.22. The SMILES string of the molecule is Nc1ccnc(-c2ccc(Cl)nc2)c1N. The summed E-state index contributed by atoms with van der Waals surface area (Å²) in [6, 6.07) is 5.14. The van der Waals surface area contributed by atoms with Crippen LogP contribution in [-0.2, 0) is 0 Å². The molecule has 2 aromatic rings. The highest BCUT2D eigenvalue weighted by Gasteiger charge is 2.06. The summed E-state index contributed by atoms with van der Waals surface area (Å²) in [6.45, 7) is 0. The number of hydrogen-bond acceptors (Lipinski definition) is 4. The number of nitrogen functional groups attached to an aromatic ring is 2. The highest BCUT2D eigenvalue weighted by Crippen LogP contribution is 2.27. The summed E-state index contributed by atoms with van der Waals surface area (Å²) in [5.74, 6) is 0. The summed E-state index contributed by atoms with van der Waals surface area (Å²) >= 11 is 5.68. The fourth-order valence-corrected chi connectivity index (χ4v) is 1.35. The molecule has 0 atom stereocenters. The van der Waals surface area contributed by atoms with Crippen LogP contribution in [0.15, 0.2) is 30.6 Å². The van der Waals surface area contributed by atoms with Crippen molar-refractivity contribution >= 4 is 23.0 Å². The van der Waals surface area contributed by atoms with Crippen LogP contribution >= 0.6 is 11.6 Å². The number of aromatic nitrogens is 2. The van der Waals surface area contributed by atoms with Crippen molar-refractivity contribution in [1.29, 1.82) is 0 Å². The van der Waals surface area contributed by atoms with E-state index in [0.29, 0.717) is 22.2 Å². The Labute approximate surface area is 91.9 Å². The molecule has 4 N–H and O–H groups in total. The third kappa shape index (κ3) is 1.85. The van der Waals surface area contributed by atoms with Crippen molar-refractivity contribution < 1.29 is 0 Å². The van der Waals surface area contributed by atoms with Crippen LogP contribution in [0.4, 0.5) is 11.4 Å². The molecule has 0 aliphatic heterocycles. The number of nitrogens with zero attached hydrogens (tertiary/aromatic N) is 2. The fraction of sp³-hybridized carbons (Fsp3) is 0. The molecule has 0 fully saturated rings. The molecule has 2 heterocycles. The van der Waals surface area contributed by atoms with Gasteiger partial charge in [-0.1, -0.05) is 11.6 Å². The maximum absolute atomic E-state index is 5.80. The molecule has 76 valence electrons. The third-order valence-electron chi connectivity index (χ3n) is 2.02. The second kappa shape index (κ2) is 3.74. The highest BCUT2D eigenvalue weighted by molar-refractivity contribution is 6.29. The van der Waals surface area contributed by atoms with Crippen LogP contribution in [0, 0.1) is 0 Å². The smallest absolute Gasteiger partial charge is 0.129 e. The van der Waals surface area contributed by atoms with Crippen LogP contribution in [0.25, 0.3) is 11.3 Å². The van der Waals surface area contributed by atoms with Crippen LogP contribution in [0.2, 0.25) is 5.15 Å². The lowest BCUT2D eigenvalue weighted by Crippen LogP contribution is -1.99. The van der Waals surface area contributed by atoms with Gasteiger partial charge in [-0.05, 0) is 18.2 Å². The van der Waals surface area contributed by atoms with Crippen LogP contribution in [-0.4, -0.2) is 9.97 Å². The van der Waals surface area contributed by atoms with Gasteiger partial charge < -0.3 is 11.5 Å². The standard InChI is InChI=1S/C10H9ClN4/c11-8-2-1-6(5-15-8)10-9(13)7(12)3-4-14-10/h1-5H,13H2,(H2,12,14). The van der Waals surface area contributed by atoms with Gasteiger partial charge in [-0.3, -0.25) is 4.98 Å². The van der Waals surface area contributed by atoms with E-state index in [4.69, 9.17) is 23.1 Å². The molecule has 2 aromatic heterocycles. The van der Waals surface area contributed by atoms with E-state index >= 15 is 0 Å². The summed E-state index contributed by atoms with van der Waals surface area (Å²) in [4.78, 5) is 8.11. The summed E-state index contributed by atoms with van der Waals surface area (Å²) < 4.78 is 0. The first-order valence-corrected chi connectivity index (χ1v) is 4.68. The second-order valence-electron chi connectivity index (χ2n) is 3.03. The zero-order chi connectivity index (χ0) is 10.8. The summed E-state index contributed by atoms with van der Waals surface area (Å²) in [7, 11) is 0. The van der Waals surface area contributed by atoms with E-state index in [-0.39, 0.29) is 0 Å². The van der Waals surface area contributed by atoms with Crippen LogP contribution < -0.4 is 11.5 Å². The quantitative estimate of drug-likeness (QED) is 0.721. The molecule has 0 bridgehead atoms. The first kappa shape index (κ1) is 9.73. The monoisotopic (exact) mass is 220 g/mol. The first-order chi connectivity index (χ1) is 7.18. The molecule has 0 amide bonds. The highest BCUT2D eigenvalue weighted by atomic mass is 35.5. The Morgan fingerprint density at radius 3 is 2.53 bits per heavy atom. The van der Waals surface area contributed by atoms with Crippen molar-refractivity contribution in [2.24, 2.45) is 0 Å². The molecule has 4 nitrogen and oxygen atoms in total. The molecule has 0 aromatic carbocycles. The molecule has 0 unspecified atom stereocenters. The molecule has 2 rings (SSSR count). The Morgan fingerprint density at radius 1 is 1.07 bits per heavy atom. The van der Waals surface area contributed by atoms with Crippen molar-refractivity contribution in [3.8, 4) is 11.3 Å². The lowest BCUT2D eigenvalue weighted by Gasteiger charge is -2.06. The number of rotatable bonds is 1. The molecule has 5 heteroatoms. The zero-order valence-corrected chi connectivity index (χ0v) is 8.57. The average Bonchev–Trinajstić information content (AvgIpc) is 2.24. The molecule has 0 aliphatic rings. The minimum atomic E-state index is 0.432. The fourth-order valence-electron chi connectivity index (χ4n) is 1.23. The van der Waals surface area contributed by atoms with E-state index in [9.17, 15) is 0 Å². The Hall–Kier alpha value is -1.81. The van der Waals surface area contributed by atoms with Crippen molar-refractivity contribution in [2.45, 2.75) is 0 Å². The maximum atomic E-state index is 5.80. The molecule has 0 saturated heterocycles. The van der Waals surface area contributed by atoms with Gasteiger partial charge in [0.25, 0.3) is 0 Å². The van der Waals surface area contributed by atoms with Gasteiger partial charge in [0.2, 0.25) is 0 Å². The van der Waals surface area contributed by atoms with Crippen LogP contribution in [0.3, 0.4) is 0 Å². The van der Waals surface area contributed by atoms with E-state index < -0.39 is 0 Å². The number of hydrogen-bond donors (Lipinski definition) is 2. The molecular formula is C10H9ClN4. The first-order valence-electron chi connectivity index (χ1n) is 4.30. The van der Waals surface area contributed by atoms with Crippen molar-refractivity contribution in [1.82, 2.24) is 9.97 Å². The normalized spacial score (nSPS) is 10.2. The van der Waals surface area contributed by atoms with Crippen molar-refractivity contribution in [3.63, 3.8) is 0 Å². The number of pyridine rings is 2. The summed E-state index contributed by atoms with van der Waals surface area (Å²) in [5.41, 5.74) is 13.9. The lowest BCUT2D eigenvalue weighted by molar-refractivity contribution is 1.28. The third-order valence-corrected chi connectivity index (χ3v) is 2.25. The number of nitrogens with two attached hydrogens (primary N) is 2. The van der Waals surface area contributed by atoms with Gasteiger partial charge in [0.1, 0.15) is 5.15 Å². The lowest BCUT2D eigenvalue weighted by atomic mass is 10.1. The zero-order valence-electron chi connectivity index (χ0n) is 7.81. The molecule has 0 saturated carbocycles. The van der Waals surface area contributed by atoms with Gasteiger partial charge in [-0.15, -0.1) is 0 Å². The van der Waals surface area contributed by atoms with Gasteiger partial charge in [-0.25, -0.2) is 4.98 Å². The molecule has 0 spiro atoms. The van der Waals surface area contributed by atoms with E-state index in [2.05, 4.69) is 9.97 Å². The maximum Gasteiger partial charge on any atom is 0.129 e. The van der Waals surface area contributed by atoms with Crippen LogP contribution in [0.5, 0.6) is 0 Å². The van der Waals surface area contributed by atoms with E-state index in [1.54, 1.807) is 30.6 Å². The summed E-state index contributed by atoms with van der Waals surface area (Å²) in [5, 5.41) is 0.432. The second-order valence-corrected chi connectivity index (χ2v) is 3.42. The minimum Gasteiger partial charge on any atom is -0.397 e. The molecule has 0 radical (unpaired) electrons. The van der Waals surface area contributed by atoms with E-state index in [1.807, 2.05) is 0 Å². The number of halogens is 1. The average molecular weight is 221 g/mol. The Balaban J connectivity index is 2.54. The molecule has 15 heavy (non-hydrogen) atoms. The topological polar surface area (TPSA) is 77.8 Å². The Bertz CT molecular complexity index is 481.